The summed E-state index contributed by atoms with van der Waals surface area (Å²) in [6.07, 6.45) is 3.90. The van der Waals surface area contributed by atoms with Gasteiger partial charge in [0.05, 0.1) is 27.1 Å². The molecule has 0 saturated heterocycles. The van der Waals surface area contributed by atoms with Crippen molar-refractivity contribution in [1.29, 1.82) is 0 Å². The molecule has 0 amide bonds. The molecule has 0 atom stereocenters. The van der Waals surface area contributed by atoms with Gasteiger partial charge in [-0.05, 0) is 62.9 Å². The fraction of sp³-hybridized carbons (Fsp3) is 0.800. The second kappa shape index (κ2) is 23.5. The van der Waals surface area contributed by atoms with Crippen LogP contribution in [-0.2, 0) is 48.2 Å². The average molecular weight is 748 g/mol. The van der Waals surface area contributed by atoms with Crippen LogP contribution in [0.5, 0.6) is 0 Å². The molecule has 0 aliphatic carbocycles. The molecule has 1 aromatic carbocycles. The summed E-state index contributed by atoms with van der Waals surface area (Å²) in [4.78, 5) is 0. The van der Waals surface area contributed by atoms with E-state index in [0.717, 1.165) is 62.9 Å². The Morgan fingerprint density at radius 2 is 1.15 bits per heavy atom. The Bertz CT molecular complexity index is 925. The molecule has 2 N–H and O–H groups in total. The van der Waals surface area contributed by atoms with Gasteiger partial charge in [0.2, 0.25) is 0 Å². The highest BCUT2D eigenvalue weighted by atomic mass is 28.4. The molecule has 0 fully saturated rings. The molecule has 46 heavy (non-hydrogen) atoms. The molecular weight excluding hydrogens is 685 g/mol. The number of hydrogen-bond donors (Lipinski definition) is 2. The Hall–Kier alpha value is 0.121. The van der Waals surface area contributed by atoms with E-state index in [1.807, 2.05) is 0 Å². The molecule has 16 heteroatoms. The predicted molar refractivity (Wildman–Crippen MR) is 200 cm³/mol. The van der Waals surface area contributed by atoms with Crippen molar-refractivity contribution in [3.8, 4) is 0 Å². The lowest BCUT2D eigenvalue weighted by molar-refractivity contribution is 0.122. The van der Waals surface area contributed by atoms with E-state index < -0.39 is 44.5 Å². The highest BCUT2D eigenvalue weighted by Gasteiger charge is 2.38. The molecule has 0 heterocycles. The molecule has 0 aromatic heterocycles. The summed E-state index contributed by atoms with van der Waals surface area (Å²) in [6, 6.07) is 6.08. The lowest BCUT2D eigenvalue weighted by atomic mass is 10.00. The van der Waals surface area contributed by atoms with Gasteiger partial charge in [0.1, 0.15) is 0 Å². The summed E-state index contributed by atoms with van der Waals surface area (Å²) >= 11 is 0. The average Bonchev–Trinajstić information content (AvgIpc) is 3.05. The van der Waals surface area contributed by atoms with Crippen molar-refractivity contribution in [1.82, 2.24) is 10.6 Å². The van der Waals surface area contributed by atoms with Crippen molar-refractivity contribution in [2.75, 3.05) is 70.0 Å². The highest BCUT2D eigenvalue weighted by molar-refractivity contribution is 6.82. The zero-order valence-electron chi connectivity index (χ0n) is 31.0. The maximum atomic E-state index is 5.66. The molecule has 0 aliphatic heterocycles. The van der Waals surface area contributed by atoms with Crippen LogP contribution in [0.4, 0.5) is 0 Å². The van der Waals surface area contributed by atoms with Crippen molar-refractivity contribution in [3.63, 3.8) is 0 Å². The number of rotatable bonds is 27. The Labute approximate surface area is 290 Å². The fourth-order valence-corrected chi connectivity index (χ4v) is 16.3. The van der Waals surface area contributed by atoms with Crippen molar-refractivity contribution < 1.29 is 35.4 Å². The second-order valence-electron chi connectivity index (χ2n) is 11.7. The van der Waals surface area contributed by atoms with Gasteiger partial charge in [-0.2, -0.15) is 0 Å². The molecule has 0 unspecified atom stereocenters. The third-order valence-electron chi connectivity index (χ3n) is 8.38. The van der Waals surface area contributed by atoms with Gasteiger partial charge >= 0.3 is 26.9 Å². The molecule has 5 radical (unpaired) electrons. The van der Waals surface area contributed by atoms with E-state index >= 15 is 0 Å². The lowest BCUT2D eigenvalue weighted by Gasteiger charge is -2.27. The zero-order chi connectivity index (χ0) is 34.8. The van der Waals surface area contributed by atoms with Gasteiger partial charge in [0.15, 0.2) is 0 Å². The smallest absolute Gasteiger partial charge is 0.397 e. The second-order valence-corrected chi connectivity index (χ2v) is 26.4. The van der Waals surface area contributed by atoms with Crippen LogP contribution in [-0.4, -0.2) is 130 Å². The molecule has 0 spiro atoms. The van der Waals surface area contributed by atoms with E-state index in [0.29, 0.717) is 9.52 Å². The largest absolute Gasteiger partial charge is 0.500 e. The van der Waals surface area contributed by atoms with Crippen molar-refractivity contribution >= 4 is 64.4 Å². The minimum Gasteiger partial charge on any atom is -0.397 e. The van der Waals surface area contributed by atoms with Crippen LogP contribution in [0.3, 0.4) is 0 Å². The number of hydrogen-bond acceptors (Lipinski definition) is 10. The summed E-state index contributed by atoms with van der Waals surface area (Å²) < 4.78 is 45.1. The van der Waals surface area contributed by atoms with Crippen LogP contribution < -0.4 is 21.0 Å². The molecule has 0 saturated carbocycles. The Morgan fingerprint density at radius 1 is 0.696 bits per heavy atom. The van der Waals surface area contributed by atoms with Gasteiger partial charge in [0.25, 0.3) is 0 Å². The lowest BCUT2D eigenvalue weighted by Crippen LogP contribution is -2.50. The summed E-state index contributed by atoms with van der Waals surface area (Å²) in [6.45, 7) is 13.8. The number of nitrogens with one attached hydrogen (secondary N) is 2. The predicted octanol–water partition coefficient (Wildman–Crippen LogP) is 2.91. The molecule has 0 bridgehead atoms. The van der Waals surface area contributed by atoms with Gasteiger partial charge in [-0.3, -0.25) is 0 Å². The normalized spacial score (nSPS) is 12.9. The van der Waals surface area contributed by atoms with Gasteiger partial charge < -0.3 is 46.0 Å². The van der Waals surface area contributed by atoms with E-state index in [9.17, 15) is 0 Å². The summed E-state index contributed by atoms with van der Waals surface area (Å²) in [5.41, 5.74) is 4.55. The maximum absolute atomic E-state index is 5.66. The van der Waals surface area contributed by atoms with Crippen LogP contribution in [0.2, 0.25) is 50.4 Å². The van der Waals surface area contributed by atoms with E-state index in [1.54, 1.807) is 72.8 Å². The topological polar surface area (TPSA) is 97.9 Å². The quantitative estimate of drug-likeness (QED) is 0.0795. The molecular formula is C30H63N2O8Si6. The Balaban J connectivity index is 3.15. The van der Waals surface area contributed by atoms with E-state index in [4.69, 9.17) is 35.4 Å². The Morgan fingerprint density at radius 3 is 1.54 bits per heavy atom. The third kappa shape index (κ3) is 13.8. The summed E-state index contributed by atoms with van der Waals surface area (Å²) in [7, 11) is 6.60. The first-order chi connectivity index (χ1) is 22.0. The van der Waals surface area contributed by atoms with Gasteiger partial charge in [-0.25, -0.2) is 0 Å². The SMILES string of the molecule is CO[Si](CCc1cc(C)c([Si](C)C)c([Si](C)C)c1CC[Si]C(NCCC[Si](OC)(OC)OC)NCCC[Si](OC)(OC)OC)OC. The van der Waals surface area contributed by atoms with Crippen LogP contribution >= 0.6 is 0 Å². The zero-order valence-corrected chi connectivity index (χ0v) is 37.0. The van der Waals surface area contributed by atoms with Crippen molar-refractivity contribution in [3.05, 3.63) is 22.8 Å². The molecule has 265 valence electrons. The minimum atomic E-state index is -2.59. The summed E-state index contributed by atoms with van der Waals surface area (Å²) in [5.74, 6) is 0.200. The highest BCUT2D eigenvalue weighted by Crippen LogP contribution is 2.18. The first-order valence-electron chi connectivity index (χ1n) is 16.2. The van der Waals surface area contributed by atoms with Crippen molar-refractivity contribution in [2.45, 2.75) is 88.8 Å². The first kappa shape index (κ1) is 44.1. The third-order valence-corrected chi connectivity index (χ3v) is 20.4. The monoisotopic (exact) mass is 747 g/mol. The van der Waals surface area contributed by atoms with Gasteiger partial charge in [0, 0.05) is 74.8 Å². The molecule has 1 rings (SSSR count). The van der Waals surface area contributed by atoms with E-state index in [2.05, 4.69) is 49.8 Å². The van der Waals surface area contributed by atoms with Crippen LogP contribution in [0.15, 0.2) is 6.07 Å². The van der Waals surface area contributed by atoms with Crippen LogP contribution in [0.1, 0.15) is 29.5 Å². The van der Waals surface area contributed by atoms with Gasteiger partial charge in [-0.1, -0.05) is 54.2 Å². The molecule has 10 nitrogen and oxygen atoms in total. The van der Waals surface area contributed by atoms with Crippen LogP contribution in [0.25, 0.3) is 0 Å². The van der Waals surface area contributed by atoms with E-state index in [1.165, 1.54) is 11.1 Å². The number of benzene rings is 1. The summed E-state index contributed by atoms with van der Waals surface area (Å²) in [5, 5.41) is 10.9. The minimum absolute atomic E-state index is 0.200. The maximum Gasteiger partial charge on any atom is 0.500 e. The Kier molecular flexibility index (Phi) is 22.6. The van der Waals surface area contributed by atoms with Crippen molar-refractivity contribution in [2.24, 2.45) is 0 Å². The number of aryl methyl sites for hydroxylation is 2. The molecule has 0 aliphatic rings. The standard InChI is InChI=1S/C30H63N2O8Si6/c1-25-24-26(17-21-44(33-2)34-3)27(29(43(12)13)28(25)42(10)11)16-20-41-30(31-18-14-22-45(35-4,36-5)37-6)32-19-15-23-46(38-7,39-8)40-9/h24,30-32H,14-23H2,1-13H3. The van der Waals surface area contributed by atoms with E-state index in [-0.39, 0.29) is 5.79 Å². The first-order valence-corrected chi connectivity index (χ1v) is 27.8. The molecule has 1 aromatic rings. The fourth-order valence-electron chi connectivity index (χ4n) is 5.93. The van der Waals surface area contributed by atoms with Gasteiger partial charge in [-0.15, -0.1) is 0 Å². The van der Waals surface area contributed by atoms with Crippen LogP contribution in [0, 0.1) is 6.92 Å².